The van der Waals surface area contributed by atoms with Gasteiger partial charge in [-0.3, -0.25) is 4.98 Å². The van der Waals surface area contributed by atoms with E-state index in [0.717, 1.165) is 26.7 Å². The fourth-order valence-corrected chi connectivity index (χ4v) is 5.21. The molecule has 0 aliphatic heterocycles. The number of anilines is 2. The standard InChI is InChI=1S/C22H15ClN4OS2/c23-15-5-7-16(8-6-15)25-22-27-26-21(28-22)20-19(10-12-29-20)30-13-14-9-11-24-18-4-2-1-3-17(14)18/h1-12H,13H2,(H,25,27). The molecule has 5 aromatic rings. The van der Waals surface area contributed by atoms with Gasteiger partial charge in [0.15, 0.2) is 0 Å². The van der Waals surface area contributed by atoms with Gasteiger partial charge in [-0.25, -0.2) is 0 Å². The number of rotatable bonds is 6. The Balaban J connectivity index is 1.34. The smallest absolute Gasteiger partial charge is 0.320 e. The predicted octanol–water partition coefficient (Wildman–Crippen LogP) is 7.04. The maximum atomic E-state index is 5.93. The molecule has 0 spiro atoms. The highest BCUT2D eigenvalue weighted by atomic mass is 35.5. The molecule has 0 unspecified atom stereocenters. The minimum absolute atomic E-state index is 0.344. The van der Waals surface area contributed by atoms with E-state index in [4.69, 9.17) is 16.0 Å². The van der Waals surface area contributed by atoms with Crippen molar-refractivity contribution < 1.29 is 4.42 Å². The predicted molar refractivity (Wildman–Crippen MR) is 124 cm³/mol. The van der Waals surface area contributed by atoms with Crippen molar-refractivity contribution >= 4 is 57.3 Å². The number of thiophene rings is 1. The van der Waals surface area contributed by atoms with Crippen LogP contribution in [0.25, 0.3) is 21.7 Å². The van der Waals surface area contributed by atoms with E-state index in [1.807, 2.05) is 41.9 Å². The highest BCUT2D eigenvalue weighted by Crippen LogP contribution is 2.38. The minimum atomic E-state index is 0.344. The fraction of sp³-hybridized carbons (Fsp3) is 0.0455. The zero-order valence-electron chi connectivity index (χ0n) is 15.6. The van der Waals surface area contributed by atoms with Gasteiger partial charge in [0.1, 0.15) is 4.88 Å². The number of pyridine rings is 1. The molecule has 0 aliphatic carbocycles. The number of benzene rings is 2. The molecule has 0 saturated heterocycles. The van der Waals surface area contributed by atoms with Gasteiger partial charge in [0, 0.05) is 32.9 Å². The number of nitrogens with zero attached hydrogens (tertiary/aromatic N) is 3. The van der Waals surface area contributed by atoms with Gasteiger partial charge in [0.25, 0.3) is 5.89 Å². The highest BCUT2D eigenvalue weighted by molar-refractivity contribution is 7.98. The number of aromatic nitrogens is 3. The summed E-state index contributed by atoms with van der Waals surface area (Å²) in [6.45, 7) is 0. The molecular weight excluding hydrogens is 436 g/mol. The lowest BCUT2D eigenvalue weighted by Crippen LogP contribution is -1.89. The molecule has 0 aliphatic rings. The van der Waals surface area contributed by atoms with E-state index in [9.17, 15) is 0 Å². The van der Waals surface area contributed by atoms with Crippen LogP contribution in [0, 0.1) is 0 Å². The second-order valence-electron chi connectivity index (χ2n) is 6.43. The normalized spacial score (nSPS) is 11.1. The van der Waals surface area contributed by atoms with Gasteiger partial charge in [-0.15, -0.1) is 28.2 Å². The lowest BCUT2D eigenvalue weighted by molar-refractivity contribution is 0.588. The molecule has 3 aromatic heterocycles. The second-order valence-corrected chi connectivity index (χ2v) is 8.80. The van der Waals surface area contributed by atoms with Crippen LogP contribution in [-0.2, 0) is 5.75 Å². The summed E-state index contributed by atoms with van der Waals surface area (Å²) in [5.41, 5.74) is 3.09. The van der Waals surface area contributed by atoms with Crippen LogP contribution in [0.4, 0.5) is 11.7 Å². The summed E-state index contributed by atoms with van der Waals surface area (Å²) in [6, 6.07) is 20.0. The van der Waals surface area contributed by atoms with Crippen molar-refractivity contribution in [2.75, 3.05) is 5.32 Å². The van der Waals surface area contributed by atoms with Crippen molar-refractivity contribution in [1.82, 2.24) is 15.2 Å². The van der Waals surface area contributed by atoms with Gasteiger partial charge in [0.2, 0.25) is 0 Å². The largest absolute Gasteiger partial charge is 0.402 e. The molecule has 30 heavy (non-hydrogen) atoms. The number of halogens is 1. The molecule has 8 heteroatoms. The van der Waals surface area contributed by atoms with Crippen molar-refractivity contribution in [1.29, 1.82) is 0 Å². The topological polar surface area (TPSA) is 63.8 Å². The number of hydrogen-bond acceptors (Lipinski definition) is 7. The van der Waals surface area contributed by atoms with E-state index >= 15 is 0 Å². The van der Waals surface area contributed by atoms with E-state index < -0.39 is 0 Å². The van der Waals surface area contributed by atoms with Gasteiger partial charge in [-0.05, 0) is 53.4 Å². The number of nitrogens with one attached hydrogen (secondary N) is 1. The fourth-order valence-electron chi connectivity index (χ4n) is 3.03. The van der Waals surface area contributed by atoms with Crippen LogP contribution in [0.3, 0.4) is 0 Å². The summed E-state index contributed by atoms with van der Waals surface area (Å²) < 4.78 is 5.85. The molecule has 5 rings (SSSR count). The Hall–Kier alpha value is -2.87. The third kappa shape index (κ3) is 4.05. The molecular formula is C22H15ClN4OS2. The van der Waals surface area contributed by atoms with Crippen LogP contribution in [-0.4, -0.2) is 15.2 Å². The lowest BCUT2D eigenvalue weighted by Gasteiger charge is -2.06. The average molecular weight is 451 g/mol. The molecule has 3 heterocycles. The molecule has 148 valence electrons. The summed E-state index contributed by atoms with van der Waals surface area (Å²) in [6.07, 6.45) is 1.86. The summed E-state index contributed by atoms with van der Waals surface area (Å²) >= 11 is 9.27. The Morgan fingerprint density at radius 2 is 1.87 bits per heavy atom. The Kier molecular flexibility index (Phi) is 5.40. The zero-order valence-corrected chi connectivity index (χ0v) is 18.0. The Bertz CT molecular complexity index is 1290. The highest BCUT2D eigenvalue weighted by Gasteiger charge is 2.15. The summed E-state index contributed by atoms with van der Waals surface area (Å²) in [5, 5.41) is 15.3. The van der Waals surface area contributed by atoms with E-state index in [1.165, 1.54) is 10.9 Å². The minimum Gasteiger partial charge on any atom is -0.402 e. The molecule has 0 amide bonds. The van der Waals surface area contributed by atoms with Crippen LogP contribution in [0.15, 0.2) is 81.6 Å². The molecule has 5 nitrogen and oxygen atoms in total. The van der Waals surface area contributed by atoms with Crippen LogP contribution in [0.1, 0.15) is 5.56 Å². The van der Waals surface area contributed by atoms with Crippen molar-refractivity contribution in [2.45, 2.75) is 10.6 Å². The van der Waals surface area contributed by atoms with Crippen molar-refractivity contribution in [3.63, 3.8) is 0 Å². The SMILES string of the molecule is Clc1ccc(Nc2nnc(-c3sccc3SCc3ccnc4ccccc34)o2)cc1. The third-order valence-electron chi connectivity index (χ3n) is 4.47. The molecule has 0 radical (unpaired) electrons. The zero-order chi connectivity index (χ0) is 20.3. The van der Waals surface area contributed by atoms with Gasteiger partial charge in [-0.1, -0.05) is 34.9 Å². The number of thioether (sulfide) groups is 1. The first-order valence-electron chi connectivity index (χ1n) is 9.16. The van der Waals surface area contributed by atoms with Crippen LogP contribution in [0.2, 0.25) is 5.02 Å². The molecule has 0 saturated carbocycles. The molecule has 0 atom stereocenters. The van der Waals surface area contributed by atoms with E-state index in [0.29, 0.717) is 16.9 Å². The Morgan fingerprint density at radius 3 is 2.77 bits per heavy atom. The van der Waals surface area contributed by atoms with Gasteiger partial charge in [-0.2, -0.15) is 0 Å². The molecule has 2 aromatic carbocycles. The second kappa shape index (κ2) is 8.47. The monoisotopic (exact) mass is 450 g/mol. The van der Waals surface area contributed by atoms with Crippen molar-refractivity contribution in [3.05, 3.63) is 82.8 Å². The maximum absolute atomic E-state index is 5.93. The maximum Gasteiger partial charge on any atom is 0.320 e. The first kappa shape index (κ1) is 19.1. The summed E-state index contributed by atoms with van der Waals surface area (Å²) in [4.78, 5) is 6.52. The Morgan fingerprint density at radius 1 is 1.00 bits per heavy atom. The van der Waals surface area contributed by atoms with E-state index in [-0.39, 0.29) is 0 Å². The van der Waals surface area contributed by atoms with Crippen molar-refractivity contribution in [3.8, 4) is 10.8 Å². The van der Waals surface area contributed by atoms with Crippen LogP contribution < -0.4 is 5.32 Å². The Labute approximate surface area is 186 Å². The van der Waals surface area contributed by atoms with Crippen LogP contribution in [0.5, 0.6) is 0 Å². The van der Waals surface area contributed by atoms with Gasteiger partial charge < -0.3 is 9.73 Å². The average Bonchev–Trinajstić information content (AvgIpc) is 3.43. The quantitative estimate of drug-likeness (QED) is 0.280. The molecule has 0 bridgehead atoms. The summed E-state index contributed by atoms with van der Waals surface area (Å²) in [7, 11) is 0. The van der Waals surface area contributed by atoms with E-state index in [1.54, 1.807) is 35.2 Å². The first-order chi connectivity index (χ1) is 14.8. The van der Waals surface area contributed by atoms with E-state index in [2.05, 4.69) is 38.7 Å². The van der Waals surface area contributed by atoms with Gasteiger partial charge in [0.05, 0.1) is 5.52 Å². The van der Waals surface area contributed by atoms with Crippen molar-refractivity contribution in [2.24, 2.45) is 0 Å². The lowest BCUT2D eigenvalue weighted by atomic mass is 10.1. The number of fused-ring (bicyclic) bond motifs is 1. The molecule has 0 fully saturated rings. The molecule has 1 N–H and O–H groups in total. The third-order valence-corrected chi connectivity index (χ3v) is 6.86. The number of para-hydroxylation sites is 1. The summed E-state index contributed by atoms with van der Waals surface area (Å²) in [5.74, 6) is 1.33. The van der Waals surface area contributed by atoms with Crippen LogP contribution >= 0.6 is 34.7 Å². The van der Waals surface area contributed by atoms with Gasteiger partial charge >= 0.3 is 6.01 Å². The first-order valence-corrected chi connectivity index (χ1v) is 11.4. The number of hydrogen-bond donors (Lipinski definition) is 1.